The molecule has 0 amide bonds. The molecule has 21 heavy (non-hydrogen) atoms. The fourth-order valence-electron chi connectivity index (χ4n) is 1.40. The Morgan fingerprint density at radius 2 is 2.10 bits per heavy atom. The second-order valence-electron chi connectivity index (χ2n) is 3.84. The van der Waals surface area contributed by atoms with Crippen LogP contribution in [0.1, 0.15) is 5.56 Å². The largest absolute Gasteiger partial charge is 0.478 e. The summed E-state index contributed by atoms with van der Waals surface area (Å²) in [5, 5.41) is 19.6. The molecule has 0 aliphatic rings. The minimum Gasteiger partial charge on any atom is -0.478 e. The number of nitro benzene ring substituents is 1. The molecule has 0 spiro atoms. The van der Waals surface area contributed by atoms with Gasteiger partial charge >= 0.3 is 17.8 Å². The number of alkyl halides is 3. The van der Waals surface area contributed by atoms with E-state index in [2.05, 4.69) is 4.74 Å². The molecule has 1 atom stereocenters. The number of carbonyl (C=O) groups is 1. The molecule has 1 aromatic rings. The molecular formula is C11H10F3NO6. The van der Waals surface area contributed by atoms with E-state index in [1.165, 1.54) is 7.11 Å². The molecule has 10 heteroatoms. The van der Waals surface area contributed by atoms with E-state index in [9.17, 15) is 28.1 Å². The third-order valence-electron chi connectivity index (χ3n) is 2.35. The molecule has 0 heterocycles. The first-order chi connectivity index (χ1) is 9.66. The highest BCUT2D eigenvalue weighted by Crippen LogP contribution is 2.36. The summed E-state index contributed by atoms with van der Waals surface area (Å²) in [4.78, 5) is 20.5. The molecule has 1 aromatic carbocycles. The summed E-state index contributed by atoms with van der Waals surface area (Å²) in [6, 6.07) is 1.54. The van der Waals surface area contributed by atoms with Crippen molar-refractivity contribution in [1.29, 1.82) is 0 Å². The molecule has 0 aliphatic heterocycles. The van der Waals surface area contributed by atoms with Crippen molar-refractivity contribution < 1.29 is 37.5 Å². The lowest BCUT2D eigenvalue weighted by Gasteiger charge is -2.15. The zero-order valence-corrected chi connectivity index (χ0v) is 10.6. The van der Waals surface area contributed by atoms with Crippen molar-refractivity contribution in [3.05, 3.63) is 33.9 Å². The Labute approximate surface area is 116 Å². The van der Waals surface area contributed by atoms with Gasteiger partial charge in [-0.2, -0.15) is 13.2 Å². The first-order valence-corrected chi connectivity index (χ1v) is 5.41. The van der Waals surface area contributed by atoms with E-state index < -0.39 is 46.8 Å². The SMILES string of the molecule is COCC(Oc1ccc(C(F)(F)F)cc1[N+](=O)[O-])C(=O)O. The van der Waals surface area contributed by atoms with E-state index in [0.29, 0.717) is 12.1 Å². The molecule has 0 aromatic heterocycles. The molecule has 1 rings (SSSR count). The summed E-state index contributed by atoms with van der Waals surface area (Å²) in [6.45, 7) is -0.423. The predicted octanol–water partition coefficient (Wildman–Crippen LogP) is 2.09. The van der Waals surface area contributed by atoms with Gasteiger partial charge in [0.25, 0.3) is 0 Å². The molecule has 0 bridgehead atoms. The molecule has 116 valence electrons. The lowest BCUT2D eigenvalue weighted by atomic mass is 10.2. The van der Waals surface area contributed by atoms with E-state index in [1.54, 1.807) is 0 Å². The van der Waals surface area contributed by atoms with E-state index >= 15 is 0 Å². The van der Waals surface area contributed by atoms with Crippen molar-refractivity contribution in [3.8, 4) is 5.75 Å². The van der Waals surface area contributed by atoms with Gasteiger partial charge in [0.15, 0.2) is 5.75 Å². The van der Waals surface area contributed by atoms with Crippen molar-refractivity contribution in [1.82, 2.24) is 0 Å². The first kappa shape index (κ1) is 16.7. The van der Waals surface area contributed by atoms with Crippen molar-refractivity contribution in [3.63, 3.8) is 0 Å². The third-order valence-corrected chi connectivity index (χ3v) is 2.35. The third kappa shape index (κ3) is 4.31. The zero-order chi connectivity index (χ0) is 16.2. The molecular weight excluding hydrogens is 299 g/mol. The van der Waals surface area contributed by atoms with E-state index in [1.807, 2.05) is 0 Å². The average Bonchev–Trinajstić information content (AvgIpc) is 2.36. The number of nitrogens with zero attached hydrogens (tertiary/aromatic N) is 1. The number of rotatable bonds is 6. The minimum absolute atomic E-state index is 0.279. The van der Waals surface area contributed by atoms with Crippen molar-refractivity contribution in [2.45, 2.75) is 12.3 Å². The lowest BCUT2D eigenvalue weighted by Crippen LogP contribution is -2.31. The van der Waals surface area contributed by atoms with Crippen LogP contribution in [0, 0.1) is 10.1 Å². The van der Waals surface area contributed by atoms with Gasteiger partial charge in [0.05, 0.1) is 17.1 Å². The zero-order valence-electron chi connectivity index (χ0n) is 10.6. The summed E-state index contributed by atoms with van der Waals surface area (Å²) in [5.74, 6) is -2.05. The van der Waals surface area contributed by atoms with Gasteiger partial charge in [-0.25, -0.2) is 4.79 Å². The van der Waals surface area contributed by atoms with Crippen molar-refractivity contribution >= 4 is 11.7 Å². The number of methoxy groups -OCH3 is 1. The summed E-state index contributed by atoms with van der Waals surface area (Å²) in [6.07, 6.45) is -6.34. The van der Waals surface area contributed by atoms with E-state index in [0.717, 1.165) is 0 Å². The van der Waals surface area contributed by atoms with Crippen LogP contribution in [0.25, 0.3) is 0 Å². The van der Waals surface area contributed by atoms with Gasteiger partial charge in [0, 0.05) is 13.2 Å². The van der Waals surface area contributed by atoms with E-state index in [4.69, 9.17) is 9.84 Å². The highest BCUT2D eigenvalue weighted by molar-refractivity contribution is 5.73. The second kappa shape index (κ2) is 6.39. The van der Waals surface area contributed by atoms with Crippen molar-refractivity contribution in [2.75, 3.05) is 13.7 Å². The molecule has 1 unspecified atom stereocenters. The number of ether oxygens (including phenoxy) is 2. The molecule has 0 saturated carbocycles. The van der Waals surface area contributed by atoms with Crippen LogP contribution >= 0.6 is 0 Å². The van der Waals surface area contributed by atoms with Gasteiger partial charge in [-0.05, 0) is 12.1 Å². The van der Waals surface area contributed by atoms with Crippen LogP contribution in [0.3, 0.4) is 0 Å². The molecule has 0 aliphatic carbocycles. The van der Waals surface area contributed by atoms with Crippen LogP contribution in [0.5, 0.6) is 5.75 Å². The average molecular weight is 309 g/mol. The smallest absolute Gasteiger partial charge is 0.416 e. The monoisotopic (exact) mass is 309 g/mol. The summed E-state index contributed by atoms with van der Waals surface area (Å²) in [7, 11) is 1.18. The number of halogens is 3. The Bertz CT molecular complexity index is 545. The fourth-order valence-corrected chi connectivity index (χ4v) is 1.40. The maximum Gasteiger partial charge on any atom is 0.416 e. The van der Waals surface area contributed by atoms with Crippen LogP contribution < -0.4 is 4.74 Å². The topological polar surface area (TPSA) is 98.9 Å². The Hall–Kier alpha value is -2.36. The van der Waals surface area contributed by atoms with Crippen LogP contribution in [0.15, 0.2) is 18.2 Å². The first-order valence-electron chi connectivity index (χ1n) is 5.41. The number of benzene rings is 1. The number of carboxylic acids is 1. The maximum atomic E-state index is 12.5. The highest BCUT2D eigenvalue weighted by Gasteiger charge is 2.34. The molecule has 1 N–H and O–H groups in total. The lowest BCUT2D eigenvalue weighted by molar-refractivity contribution is -0.386. The Morgan fingerprint density at radius 3 is 2.52 bits per heavy atom. The molecule has 7 nitrogen and oxygen atoms in total. The Balaban J connectivity index is 3.18. The van der Waals surface area contributed by atoms with Gasteiger partial charge in [-0.15, -0.1) is 0 Å². The van der Waals surface area contributed by atoms with Crippen molar-refractivity contribution in [2.24, 2.45) is 0 Å². The van der Waals surface area contributed by atoms with Gasteiger partial charge in [0.2, 0.25) is 6.10 Å². The van der Waals surface area contributed by atoms with E-state index in [-0.39, 0.29) is 6.07 Å². The standard InChI is InChI=1S/C11H10F3NO6/c1-20-5-9(10(16)17)21-8-3-2-6(11(12,13)14)4-7(8)15(18)19/h2-4,9H,5H2,1H3,(H,16,17). The maximum absolute atomic E-state index is 12.5. The Morgan fingerprint density at radius 1 is 1.48 bits per heavy atom. The predicted molar refractivity (Wildman–Crippen MR) is 62.0 cm³/mol. The number of hydrogen-bond donors (Lipinski definition) is 1. The van der Waals surface area contributed by atoms with Crippen LogP contribution in [-0.4, -0.2) is 35.8 Å². The quantitative estimate of drug-likeness (QED) is 0.638. The van der Waals surface area contributed by atoms with Crippen LogP contribution in [0.4, 0.5) is 18.9 Å². The second-order valence-corrected chi connectivity index (χ2v) is 3.84. The van der Waals surface area contributed by atoms with Gasteiger partial charge < -0.3 is 14.6 Å². The van der Waals surface area contributed by atoms with Gasteiger partial charge in [0.1, 0.15) is 0 Å². The summed E-state index contributed by atoms with van der Waals surface area (Å²) < 4.78 is 46.9. The number of nitro groups is 1. The highest BCUT2D eigenvalue weighted by atomic mass is 19.4. The normalized spacial score (nSPS) is 12.8. The molecule has 0 radical (unpaired) electrons. The molecule has 0 saturated heterocycles. The summed E-state index contributed by atoms with van der Waals surface area (Å²) in [5.41, 5.74) is -2.22. The van der Waals surface area contributed by atoms with Crippen LogP contribution in [0.2, 0.25) is 0 Å². The Kier molecular flexibility index (Phi) is 5.08. The number of carboxylic acid groups (broad SMARTS) is 1. The fraction of sp³-hybridized carbons (Fsp3) is 0.364. The number of hydrogen-bond acceptors (Lipinski definition) is 5. The van der Waals surface area contributed by atoms with Crippen LogP contribution in [-0.2, 0) is 15.7 Å². The minimum atomic E-state index is -4.76. The molecule has 0 fully saturated rings. The number of aliphatic carboxylic acids is 1. The van der Waals surface area contributed by atoms with Gasteiger partial charge in [-0.3, -0.25) is 10.1 Å². The summed E-state index contributed by atoms with van der Waals surface area (Å²) >= 11 is 0. The van der Waals surface area contributed by atoms with Gasteiger partial charge in [-0.1, -0.05) is 0 Å².